The smallest absolute Gasteiger partial charge is 0.310 e. The summed E-state index contributed by atoms with van der Waals surface area (Å²) >= 11 is 0. The molecule has 0 aromatic heterocycles. The van der Waals surface area contributed by atoms with Crippen LogP contribution in [0.5, 0.6) is 0 Å². The Morgan fingerprint density at radius 3 is 2.52 bits per heavy atom. The highest BCUT2D eigenvalue weighted by molar-refractivity contribution is 5.98. The number of rotatable bonds is 5. The second-order valence-corrected chi connectivity index (χ2v) is 7.90. The average Bonchev–Trinajstić information content (AvgIpc) is 2.73. The highest BCUT2D eigenvalue weighted by atomic mass is 16.4. The number of amides is 2. The first kappa shape index (κ1) is 20.6. The first-order chi connectivity index (χ1) is 13.8. The van der Waals surface area contributed by atoms with Crippen LogP contribution >= 0.6 is 0 Å². The zero-order valence-electron chi connectivity index (χ0n) is 16.7. The van der Waals surface area contributed by atoms with Crippen molar-refractivity contribution in [2.24, 2.45) is 5.41 Å². The number of carbonyl (C=O) groups excluding carboxylic acids is 2. The van der Waals surface area contributed by atoms with Gasteiger partial charge < -0.3 is 15.3 Å². The zero-order chi connectivity index (χ0) is 21.0. The van der Waals surface area contributed by atoms with Gasteiger partial charge in [-0.25, -0.2) is 0 Å². The number of benzene rings is 2. The van der Waals surface area contributed by atoms with Gasteiger partial charge in [0.05, 0.1) is 11.3 Å². The van der Waals surface area contributed by atoms with Gasteiger partial charge in [0.25, 0.3) is 5.91 Å². The lowest BCUT2D eigenvalue weighted by molar-refractivity contribution is -0.138. The maximum atomic E-state index is 13.0. The molecule has 1 aliphatic rings. The largest absolute Gasteiger partial charge is 0.481 e. The second-order valence-electron chi connectivity index (χ2n) is 7.90. The fraction of sp³-hybridized carbons (Fsp3) is 0.348. The van der Waals surface area contributed by atoms with Crippen molar-refractivity contribution in [1.29, 1.82) is 0 Å². The summed E-state index contributed by atoms with van der Waals surface area (Å²) in [5.74, 6) is -1.80. The summed E-state index contributed by atoms with van der Waals surface area (Å²) in [6, 6.07) is 16.0. The second kappa shape index (κ2) is 8.47. The van der Waals surface area contributed by atoms with Gasteiger partial charge in [0.2, 0.25) is 5.91 Å². The summed E-state index contributed by atoms with van der Waals surface area (Å²) < 4.78 is 0. The molecule has 2 aromatic rings. The van der Waals surface area contributed by atoms with Crippen molar-refractivity contribution in [3.05, 3.63) is 65.7 Å². The van der Waals surface area contributed by atoms with Gasteiger partial charge in [-0.05, 0) is 56.5 Å². The minimum atomic E-state index is -0.914. The quantitative estimate of drug-likeness (QED) is 0.808. The first-order valence-electron chi connectivity index (χ1n) is 9.79. The molecule has 6 nitrogen and oxygen atoms in total. The molecular formula is C23H26N2O4. The molecule has 6 heteroatoms. The molecule has 1 heterocycles. The number of carboxylic acids is 1. The van der Waals surface area contributed by atoms with E-state index in [-0.39, 0.29) is 11.8 Å². The molecule has 1 saturated heterocycles. The maximum absolute atomic E-state index is 13.0. The summed E-state index contributed by atoms with van der Waals surface area (Å²) in [6.07, 6.45) is 1.43. The molecule has 0 spiro atoms. The van der Waals surface area contributed by atoms with Crippen LogP contribution in [-0.4, -0.2) is 40.9 Å². The van der Waals surface area contributed by atoms with E-state index in [9.17, 15) is 19.5 Å². The molecule has 2 unspecified atom stereocenters. The van der Waals surface area contributed by atoms with E-state index in [1.54, 1.807) is 48.2 Å². The van der Waals surface area contributed by atoms with Gasteiger partial charge in [0.1, 0.15) is 0 Å². The molecule has 0 bridgehead atoms. The summed E-state index contributed by atoms with van der Waals surface area (Å²) in [5.41, 5.74) is 1.10. The van der Waals surface area contributed by atoms with E-state index in [2.05, 4.69) is 5.32 Å². The topological polar surface area (TPSA) is 86.7 Å². The molecule has 152 valence electrons. The molecule has 2 N–H and O–H groups in total. The Bertz CT molecular complexity index is 912. The van der Waals surface area contributed by atoms with Crippen molar-refractivity contribution < 1.29 is 19.5 Å². The van der Waals surface area contributed by atoms with Crippen molar-refractivity contribution in [3.8, 4) is 0 Å². The Labute approximate surface area is 170 Å². The van der Waals surface area contributed by atoms with Gasteiger partial charge in [-0.3, -0.25) is 14.4 Å². The van der Waals surface area contributed by atoms with Gasteiger partial charge in [-0.1, -0.05) is 30.3 Å². The fourth-order valence-electron chi connectivity index (χ4n) is 3.67. The van der Waals surface area contributed by atoms with Crippen LogP contribution in [0.1, 0.15) is 48.5 Å². The predicted octanol–water partition coefficient (Wildman–Crippen LogP) is 3.76. The third-order valence-corrected chi connectivity index (χ3v) is 5.57. The molecule has 2 amide bonds. The SMILES string of the molecule is CC(C(=O)O)c1cccc(NC(=O)C2(C)CCCN(C(=O)c3ccccc3)C2)c1. The highest BCUT2D eigenvalue weighted by Crippen LogP contribution is 2.32. The standard InChI is InChI=1S/C23H26N2O4/c1-16(21(27)28)18-10-6-11-19(14-18)24-22(29)23(2)12-7-13-25(15-23)20(26)17-8-4-3-5-9-17/h3-6,8-11,14,16H,7,12-13,15H2,1-2H3,(H,24,29)(H,27,28). The lowest BCUT2D eigenvalue weighted by Crippen LogP contribution is -2.50. The summed E-state index contributed by atoms with van der Waals surface area (Å²) in [7, 11) is 0. The lowest BCUT2D eigenvalue weighted by Gasteiger charge is -2.39. The molecule has 0 saturated carbocycles. The number of hydrogen-bond acceptors (Lipinski definition) is 3. The van der Waals surface area contributed by atoms with Crippen LogP contribution in [0.15, 0.2) is 54.6 Å². The number of likely N-dealkylation sites (tertiary alicyclic amines) is 1. The van der Waals surface area contributed by atoms with E-state index in [1.807, 2.05) is 25.1 Å². The van der Waals surface area contributed by atoms with Crippen LogP contribution in [0.25, 0.3) is 0 Å². The van der Waals surface area contributed by atoms with E-state index in [0.29, 0.717) is 36.3 Å². The predicted molar refractivity (Wildman–Crippen MR) is 111 cm³/mol. The molecule has 29 heavy (non-hydrogen) atoms. The minimum absolute atomic E-state index is 0.0680. The average molecular weight is 394 g/mol. The van der Waals surface area contributed by atoms with Crippen molar-refractivity contribution >= 4 is 23.5 Å². The Hall–Kier alpha value is -3.15. The van der Waals surface area contributed by atoms with Crippen LogP contribution in [0.2, 0.25) is 0 Å². The van der Waals surface area contributed by atoms with Crippen molar-refractivity contribution in [2.45, 2.75) is 32.6 Å². The molecule has 0 aliphatic carbocycles. The van der Waals surface area contributed by atoms with Gasteiger partial charge in [-0.15, -0.1) is 0 Å². The van der Waals surface area contributed by atoms with Crippen LogP contribution in [0.4, 0.5) is 5.69 Å². The van der Waals surface area contributed by atoms with Gasteiger partial charge >= 0.3 is 5.97 Å². The molecule has 2 aromatic carbocycles. The summed E-state index contributed by atoms with van der Waals surface area (Å²) in [5, 5.41) is 12.1. The van der Waals surface area contributed by atoms with Crippen molar-refractivity contribution in [1.82, 2.24) is 4.90 Å². The van der Waals surface area contributed by atoms with Crippen LogP contribution in [0.3, 0.4) is 0 Å². The van der Waals surface area contributed by atoms with Crippen LogP contribution in [0, 0.1) is 5.41 Å². The van der Waals surface area contributed by atoms with Gasteiger partial charge in [0.15, 0.2) is 0 Å². The maximum Gasteiger partial charge on any atom is 0.310 e. The minimum Gasteiger partial charge on any atom is -0.481 e. The molecule has 3 rings (SSSR count). The first-order valence-corrected chi connectivity index (χ1v) is 9.79. The van der Waals surface area contributed by atoms with E-state index in [4.69, 9.17) is 0 Å². The van der Waals surface area contributed by atoms with Gasteiger partial charge in [0, 0.05) is 24.3 Å². The number of nitrogens with zero attached hydrogens (tertiary/aromatic N) is 1. The summed E-state index contributed by atoms with van der Waals surface area (Å²) in [6.45, 7) is 4.45. The number of piperidine rings is 1. The van der Waals surface area contributed by atoms with Gasteiger partial charge in [-0.2, -0.15) is 0 Å². The Balaban J connectivity index is 1.72. The van der Waals surface area contributed by atoms with E-state index < -0.39 is 17.3 Å². The van der Waals surface area contributed by atoms with Crippen molar-refractivity contribution in [2.75, 3.05) is 18.4 Å². The Morgan fingerprint density at radius 2 is 1.83 bits per heavy atom. The Morgan fingerprint density at radius 1 is 1.10 bits per heavy atom. The fourth-order valence-corrected chi connectivity index (χ4v) is 3.67. The normalized spacial score (nSPS) is 20.0. The molecular weight excluding hydrogens is 368 g/mol. The third-order valence-electron chi connectivity index (χ3n) is 5.57. The molecule has 1 aliphatic heterocycles. The number of anilines is 1. The molecule has 1 fully saturated rings. The monoisotopic (exact) mass is 394 g/mol. The number of aliphatic carboxylic acids is 1. The molecule has 2 atom stereocenters. The van der Waals surface area contributed by atoms with Crippen molar-refractivity contribution in [3.63, 3.8) is 0 Å². The number of carboxylic acid groups (broad SMARTS) is 1. The van der Waals surface area contributed by atoms with E-state index in [0.717, 1.165) is 6.42 Å². The molecule has 0 radical (unpaired) electrons. The van der Waals surface area contributed by atoms with E-state index >= 15 is 0 Å². The third kappa shape index (κ3) is 4.65. The highest BCUT2D eigenvalue weighted by Gasteiger charge is 2.39. The van der Waals surface area contributed by atoms with Crippen LogP contribution < -0.4 is 5.32 Å². The Kier molecular flexibility index (Phi) is 6.01. The van der Waals surface area contributed by atoms with Crippen LogP contribution in [-0.2, 0) is 9.59 Å². The number of nitrogens with one attached hydrogen (secondary N) is 1. The summed E-state index contributed by atoms with van der Waals surface area (Å²) in [4.78, 5) is 38.8. The number of hydrogen-bond donors (Lipinski definition) is 2. The van der Waals surface area contributed by atoms with E-state index in [1.165, 1.54) is 0 Å². The number of carbonyl (C=O) groups is 3. The zero-order valence-corrected chi connectivity index (χ0v) is 16.7. The lowest BCUT2D eigenvalue weighted by atomic mass is 9.80.